The van der Waals surface area contributed by atoms with Gasteiger partial charge in [0.2, 0.25) is 0 Å². The second-order valence-electron chi connectivity index (χ2n) is 7.76. The molecule has 3 heterocycles. The first-order chi connectivity index (χ1) is 13.5. The van der Waals surface area contributed by atoms with Crippen LogP contribution < -0.4 is 15.4 Å². The summed E-state index contributed by atoms with van der Waals surface area (Å²) in [5.41, 5.74) is 8.20. The van der Waals surface area contributed by atoms with E-state index in [4.69, 9.17) is 10.5 Å². The Balaban J connectivity index is 1.97. The molecule has 0 atom stereocenters. The number of aliphatic hydroxyl groups is 1. The number of primary amides is 1. The summed E-state index contributed by atoms with van der Waals surface area (Å²) in [4.78, 5) is 19.1. The van der Waals surface area contributed by atoms with Crippen molar-refractivity contribution >= 4 is 28.4 Å². The third-order valence-corrected chi connectivity index (χ3v) is 5.73. The highest BCUT2D eigenvalue weighted by molar-refractivity contribution is 6.02. The number of pyridine rings is 1. The number of nitrogens with two attached hydrogens (primary N) is 1. The Morgan fingerprint density at radius 1 is 1.32 bits per heavy atom. The van der Waals surface area contributed by atoms with Crippen LogP contribution in [0.4, 0.5) is 5.82 Å². The van der Waals surface area contributed by atoms with Gasteiger partial charge in [-0.05, 0) is 37.3 Å². The Morgan fingerprint density at radius 3 is 2.68 bits per heavy atom. The summed E-state index contributed by atoms with van der Waals surface area (Å²) in [7, 11) is 0. The van der Waals surface area contributed by atoms with Crippen LogP contribution in [-0.4, -0.2) is 46.7 Å². The van der Waals surface area contributed by atoms with Crippen molar-refractivity contribution in [1.82, 2.24) is 9.38 Å². The van der Waals surface area contributed by atoms with Crippen LogP contribution in [0.1, 0.15) is 37.0 Å². The molecule has 7 nitrogen and oxygen atoms in total. The normalized spacial score (nSPS) is 16.6. The molecule has 0 bridgehead atoms. The van der Waals surface area contributed by atoms with E-state index in [2.05, 4.69) is 16.8 Å². The maximum absolute atomic E-state index is 12.1. The Labute approximate surface area is 163 Å². The van der Waals surface area contributed by atoms with Crippen molar-refractivity contribution in [3.8, 4) is 5.75 Å². The van der Waals surface area contributed by atoms with E-state index in [9.17, 15) is 9.90 Å². The fraction of sp³-hybridized carbons (Fsp3) is 0.429. The number of fused-ring (bicyclic) bond motifs is 3. The molecule has 28 heavy (non-hydrogen) atoms. The fourth-order valence-electron chi connectivity index (χ4n) is 3.95. The molecule has 3 aromatic rings. The highest BCUT2D eigenvalue weighted by Gasteiger charge is 2.32. The summed E-state index contributed by atoms with van der Waals surface area (Å²) < 4.78 is 7.93. The minimum absolute atomic E-state index is 0.0639. The Kier molecular flexibility index (Phi) is 4.63. The Hall–Kier alpha value is -2.80. The minimum Gasteiger partial charge on any atom is -0.490 e. The van der Waals surface area contributed by atoms with Gasteiger partial charge >= 0.3 is 0 Å². The van der Waals surface area contributed by atoms with E-state index in [0.29, 0.717) is 23.6 Å². The number of imidazole rings is 1. The van der Waals surface area contributed by atoms with Gasteiger partial charge in [0.05, 0.1) is 23.2 Å². The molecule has 0 saturated carbocycles. The fourth-order valence-corrected chi connectivity index (χ4v) is 3.95. The quantitative estimate of drug-likeness (QED) is 0.707. The highest BCUT2D eigenvalue weighted by atomic mass is 16.5. The number of benzene rings is 1. The molecule has 0 unspecified atom stereocenters. The van der Waals surface area contributed by atoms with Crippen molar-refractivity contribution in [2.24, 2.45) is 11.1 Å². The van der Waals surface area contributed by atoms with E-state index in [1.807, 2.05) is 35.6 Å². The number of carbonyl (C=O) groups is 1. The molecule has 0 spiro atoms. The number of carbonyl (C=O) groups excluding carboxylic acids is 1. The van der Waals surface area contributed by atoms with E-state index >= 15 is 0 Å². The number of amides is 1. The monoisotopic (exact) mass is 382 g/mol. The van der Waals surface area contributed by atoms with Gasteiger partial charge in [0.15, 0.2) is 17.2 Å². The van der Waals surface area contributed by atoms with E-state index in [0.717, 1.165) is 42.8 Å². The number of hydrogen-bond acceptors (Lipinski definition) is 5. The standard InChI is InChI=1S/C21H26N4O3/c1-3-28-17-12-14(18(22)27)19-23-15-6-4-5-7-16(15)25(19)20(17)24-10-8-21(2,13-26)9-11-24/h4-7,12,26H,3,8-11,13H2,1-2H3,(H2,22,27). The number of aliphatic hydroxyl groups excluding tert-OH is 1. The van der Waals surface area contributed by atoms with Gasteiger partial charge in [-0.15, -0.1) is 0 Å². The van der Waals surface area contributed by atoms with Gasteiger partial charge in [-0.1, -0.05) is 19.1 Å². The predicted octanol–water partition coefficient (Wildman–Crippen LogP) is 2.58. The highest BCUT2D eigenvalue weighted by Crippen LogP contribution is 2.39. The lowest BCUT2D eigenvalue weighted by molar-refractivity contribution is 0.100. The SMILES string of the molecule is CCOc1cc(C(N)=O)c2nc3ccccc3n2c1N1CCC(C)(CO)CC1. The summed E-state index contributed by atoms with van der Waals surface area (Å²) in [6.45, 7) is 6.27. The number of hydrogen-bond donors (Lipinski definition) is 2. The second-order valence-corrected chi connectivity index (χ2v) is 7.76. The van der Waals surface area contributed by atoms with Crippen molar-refractivity contribution < 1.29 is 14.6 Å². The largest absolute Gasteiger partial charge is 0.490 e. The molecule has 1 aliphatic rings. The number of para-hydroxylation sites is 2. The average Bonchev–Trinajstić information content (AvgIpc) is 3.08. The zero-order chi connectivity index (χ0) is 19.9. The van der Waals surface area contributed by atoms with E-state index in [1.54, 1.807) is 6.07 Å². The molecule has 2 aromatic heterocycles. The van der Waals surface area contributed by atoms with Crippen molar-refractivity contribution in [1.29, 1.82) is 0 Å². The number of rotatable bonds is 5. The maximum Gasteiger partial charge on any atom is 0.252 e. The first-order valence-electron chi connectivity index (χ1n) is 9.70. The average molecular weight is 382 g/mol. The van der Waals surface area contributed by atoms with E-state index in [-0.39, 0.29) is 12.0 Å². The minimum atomic E-state index is -0.528. The molecule has 4 rings (SSSR count). The van der Waals surface area contributed by atoms with Gasteiger partial charge in [-0.3, -0.25) is 9.20 Å². The number of nitrogens with zero attached hydrogens (tertiary/aromatic N) is 3. The molecular formula is C21H26N4O3. The third-order valence-electron chi connectivity index (χ3n) is 5.73. The smallest absolute Gasteiger partial charge is 0.252 e. The molecule has 7 heteroatoms. The predicted molar refractivity (Wildman–Crippen MR) is 109 cm³/mol. The number of aromatic nitrogens is 2. The Morgan fingerprint density at radius 2 is 2.04 bits per heavy atom. The lowest BCUT2D eigenvalue weighted by Crippen LogP contribution is -2.41. The molecule has 1 amide bonds. The first kappa shape index (κ1) is 18.6. The van der Waals surface area contributed by atoms with Gasteiger partial charge in [-0.2, -0.15) is 0 Å². The van der Waals surface area contributed by atoms with E-state index in [1.165, 1.54) is 0 Å². The number of anilines is 1. The zero-order valence-electron chi connectivity index (χ0n) is 16.3. The zero-order valence-corrected chi connectivity index (χ0v) is 16.3. The Bertz CT molecular complexity index is 1030. The van der Waals surface area contributed by atoms with Crippen LogP contribution in [0.3, 0.4) is 0 Å². The third kappa shape index (κ3) is 2.96. The van der Waals surface area contributed by atoms with Crippen molar-refractivity contribution in [3.63, 3.8) is 0 Å². The lowest BCUT2D eigenvalue weighted by Gasteiger charge is -2.40. The molecular weight excluding hydrogens is 356 g/mol. The molecule has 0 radical (unpaired) electrons. The number of ether oxygens (including phenoxy) is 1. The van der Waals surface area contributed by atoms with Crippen molar-refractivity contribution in [2.75, 3.05) is 31.2 Å². The van der Waals surface area contributed by atoms with Gasteiger partial charge in [0, 0.05) is 25.8 Å². The molecule has 1 aromatic carbocycles. The van der Waals surface area contributed by atoms with Crippen LogP contribution in [0, 0.1) is 5.41 Å². The molecule has 1 fully saturated rings. The first-order valence-corrected chi connectivity index (χ1v) is 9.70. The van der Waals surface area contributed by atoms with Gasteiger partial charge in [0.25, 0.3) is 5.91 Å². The maximum atomic E-state index is 12.1. The molecule has 1 aliphatic heterocycles. The van der Waals surface area contributed by atoms with Crippen LogP contribution in [0.5, 0.6) is 5.75 Å². The lowest BCUT2D eigenvalue weighted by atomic mass is 9.81. The summed E-state index contributed by atoms with van der Waals surface area (Å²) in [5.74, 6) is 0.981. The summed E-state index contributed by atoms with van der Waals surface area (Å²) >= 11 is 0. The van der Waals surface area contributed by atoms with Crippen molar-refractivity contribution in [2.45, 2.75) is 26.7 Å². The topological polar surface area (TPSA) is 93.1 Å². The van der Waals surface area contributed by atoms with E-state index < -0.39 is 5.91 Å². The summed E-state index contributed by atoms with van der Waals surface area (Å²) in [5, 5.41) is 9.71. The number of piperidine rings is 1. The van der Waals surface area contributed by atoms with Crippen molar-refractivity contribution in [3.05, 3.63) is 35.9 Å². The second kappa shape index (κ2) is 6.98. The molecule has 1 saturated heterocycles. The summed E-state index contributed by atoms with van der Waals surface area (Å²) in [6, 6.07) is 9.51. The molecule has 148 valence electrons. The van der Waals surface area contributed by atoms with Crippen LogP contribution in [0.15, 0.2) is 30.3 Å². The van der Waals surface area contributed by atoms with Crippen LogP contribution >= 0.6 is 0 Å². The van der Waals surface area contributed by atoms with Gasteiger partial charge in [-0.25, -0.2) is 4.98 Å². The van der Waals surface area contributed by atoms with Gasteiger partial charge < -0.3 is 20.5 Å². The van der Waals surface area contributed by atoms with Gasteiger partial charge in [0.1, 0.15) is 0 Å². The molecule has 0 aliphatic carbocycles. The summed E-state index contributed by atoms with van der Waals surface area (Å²) in [6.07, 6.45) is 1.75. The van der Waals surface area contributed by atoms with Crippen LogP contribution in [0.2, 0.25) is 0 Å². The van der Waals surface area contributed by atoms with Crippen LogP contribution in [0.25, 0.3) is 16.7 Å². The van der Waals surface area contributed by atoms with Crippen LogP contribution in [-0.2, 0) is 0 Å². The molecule has 3 N–H and O–H groups in total.